The van der Waals surface area contributed by atoms with Gasteiger partial charge in [-0.25, -0.2) is 4.98 Å². The quantitative estimate of drug-likeness (QED) is 0.626. The Bertz CT molecular complexity index is 209. The predicted octanol–water partition coefficient (Wildman–Crippen LogP) is 1.69. The Kier molecular flexibility index (Phi) is 2.49. The Morgan fingerprint density at radius 2 is 2.60 bits per heavy atom. The highest BCUT2D eigenvalue weighted by atomic mass is 14.8. The smallest absolute Gasteiger partial charge is 0.0921 e. The van der Waals surface area contributed by atoms with E-state index in [1.807, 2.05) is 18.3 Å². The lowest BCUT2D eigenvalue weighted by Crippen LogP contribution is -1.77. The maximum absolute atomic E-state index is 3.89. The van der Waals surface area contributed by atoms with Gasteiger partial charge in [0, 0.05) is 18.3 Å². The largest absolute Gasteiger partial charge is 0.348 e. The van der Waals surface area contributed by atoms with Crippen LogP contribution in [0.5, 0.6) is 0 Å². The van der Waals surface area contributed by atoms with E-state index in [9.17, 15) is 0 Å². The molecule has 1 aromatic heterocycles. The topological polar surface area (TPSA) is 28.7 Å². The third-order valence-corrected chi connectivity index (χ3v) is 1.16. The maximum atomic E-state index is 3.89. The summed E-state index contributed by atoms with van der Waals surface area (Å²) in [6.07, 6.45) is 10.1. The van der Waals surface area contributed by atoms with Gasteiger partial charge in [0.25, 0.3) is 0 Å². The minimum Gasteiger partial charge on any atom is -0.348 e. The highest BCUT2D eigenvalue weighted by Crippen LogP contribution is 1.92. The fraction of sp³-hybridized carbons (Fsp3) is 0.125. The molecule has 0 amide bonds. The van der Waals surface area contributed by atoms with E-state index in [4.69, 9.17) is 0 Å². The van der Waals surface area contributed by atoms with Crippen molar-refractivity contribution < 1.29 is 0 Å². The molecular weight excluding hydrogens is 124 g/mol. The van der Waals surface area contributed by atoms with Crippen LogP contribution in [-0.2, 0) is 6.42 Å². The average Bonchev–Trinajstić information content (AvgIpc) is 2.41. The summed E-state index contributed by atoms with van der Waals surface area (Å²) in [5, 5.41) is 0. The second kappa shape index (κ2) is 3.67. The summed E-state index contributed by atoms with van der Waals surface area (Å²) in [6.45, 7) is 3.57. The molecule has 1 N–H and O–H groups in total. The molecule has 1 heterocycles. The van der Waals surface area contributed by atoms with Crippen molar-refractivity contribution in [2.75, 3.05) is 0 Å². The van der Waals surface area contributed by atoms with Crippen LogP contribution in [0.25, 0.3) is 0 Å². The third kappa shape index (κ3) is 1.90. The van der Waals surface area contributed by atoms with Gasteiger partial charge in [-0.15, -0.1) is 0 Å². The van der Waals surface area contributed by atoms with Gasteiger partial charge in [0.15, 0.2) is 0 Å². The molecule has 0 bridgehead atoms. The highest BCUT2D eigenvalue weighted by Gasteiger charge is 1.85. The Labute approximate surface area is 60.3 Å². The number of H-pyrrole nitrogens is 1. The van der Waals surface area contributed by atoms with Crippen LogP contribution >= 0.6 is 0 Å². The Morgan fingerprint density at radius 3 is 3.20 bits per heavy atom. The number of aromatic amines is 1. The highest BCUT2D eigenvalue weighted by molar-refractivity contribution is 5.05. The van der Waals surface area contributed by atoms with Crippen LogP contribution in [0.2, 0.25) is 0 Å². The molecule has 0 fully saturated rings. The van der Waals surface area contributed by atoms with Crippen LogP contribution in [0.15, 0.2) is 37.3 Å². The van der Waals surface area contributed by atoms with Crippen LogP contribution in [0, 0.1) is 0 Å². The third-order valence-electron chi connectivity index (χ3n) is 1.16. The molecule has 0 saturated heterocycles. The van der Waals surface area contributed by atoms with Crippen LogP contribution in [0.3, 0.4) is 0 Å². The van der Waals surface area contributed by atoms with Crippen molar-refractivity contribution in [1.82, 2.24) is 9.97 Å². The molecule has 1 aromatic rings. The number of imidazole rings is 1. The fourth-order valence-electron chi connectivity index (χ4n) is 0.688. The van der Waals surface area contributed by atoms with E-state index in [1.165, 1.54) is 0 Å². The second-order valence-electron chi connectivity index (χ2n) is 1.94. The first kappa shape index (κ1) is 6.81. The Hall–Kier alpha value is -1.31. The number of nitrogens with zero attached hydrogens (tertiary/aromatic N) is 1. The Balaban J connectivity index is 2.41. The molecule has 10 heavy (non-hydrogen) atoms. The minimum absolute atomic E-state index is 0.895. The van der Waals surface area contributed by atoms with E-state index >= 15 is 0 Å². The molecule has 0 saturated carbocycles. The first-order valence-corrected chi connectivity index (χ1v) is 3.18. The van der Waals surface area contributed by atoms with Crippen LogP contribution in [0.1, 0.15) is 5.69 Å². The minimum atomic E-state index is 0.895. The second-order valence-corrected chi connectivity index (χ2v) is 1.94. The van der Waals surface area contributed by atoms with Gasteiger partial charge >= 0.3 is 0 Å². The number of hydrogen-bond donors (Lipinski definition) is 1. The van der Waals surface area contributed by atoms with E-state index in [-0.39, 0.29) is 0 Å². The molecular formula is C8H10N2. The molecule has 1 rings (SSSR count). The zero-order chi connectivity index (χ0) is 7.23. The lowest BCUT2D eigenvalue weighted by atomic mass is 10.3. The summed E-state index contributed by atoms with van der Waals surface area (Å²) < 4.78 is 0. The first-order valence-electron chi connectivity index (χ1n) is 3.18. The van der Waals surface area contributed by atoms with Gasteiger partial charge in [-0.1, -0.05) is 24.8 Å². The lowest BCUT2D eigenvalue weighted by Gasteiger charge is -1.84. The molecule has 2 nitrogen and oxygen atoms in total. The van der Waals surface area contributed by atoms with Gasteiger partial charge in [0.2, 0.25) is 0 Å². The van der Waals surface area contributed by atoms with Crippen molar-refractivity contribution >= 4 is 0 Å². The van der Waals surface area contributed by atoms with Crippen molar-refractivity contribution in [3.05, 3.63) is 43.0 Å². The number of aromatic nitrogens is 2. The summed E-state index contributed by atoms with van der Waals surface area (Å²) in [4.78, 5) is 6.89. The zero-order valence-corrected chi connectivity index (χ0v) is 5.75. The normalized spacial score (nSPS) is 10.4. The van der Waals surface area contributed by atoms with Gasteiger partial charge in [0.1, 0.15) is 0 Å². The van der Waals surface area contributed by atoms with E-state index < -0.39 is 0 Å². The molecule has 0 aliphatic carbocycles. The maximum Gasteiger partial charge on any atom is 0.0921 e. The van der Waals surface area contributed by atoms with Crippen molar-refractivity contribution in [3.63, 3.8) is 0 Å². The van der Waals surface area contributed by atoms with E-state index in [0.717, 1.165) is 12.1 Å². The molecule has 0 aromatic carbocycles. The fourth-order valence-corrected chi connectivity index (χ4v) is 0.688. The van der Waals surface area contributed by atoms with Gasteiger partial charge in [0.05, 0.1) is 6.33 Å². The number of nitrogens with one attached hydrogen (secondary N) is 1. The number of rotatable bonds is 3. The number of hydrogen-bond acceptors (Lipinski definition) is 1. The van der Waals surface area contributed by atoms with Crippen molar-refractivity contribution in [1.29, 1.82) is 0 Å². The lowest BCUT2D eigenvalue weighted by molar-refractivity contribution is 1.15. The van der Waals surface area contributed by atoms with Gasteiger partial charge in [-0.2, -0.15) is 0 Å². The molecule has 2 heteroatoms. The van der Waals surface area contributed by atoms with Crippen molar-refractivity contribution in [2.24, 2.45) is 0 Å². The zero-order valence-electron chi connectivity index (χ0n) is 5.75. The van der Waals surface area contributed by atoms with Gasteiger partial charge in [-0.3, -0.25) is 0 Å². The van der Waals surface area contributed by atoms with Crippen LogP contribution < -0.4 is 0 Å². The van der Waals surface area contributed by atoms with Crippen LogP contribution in [0.4, 0.5) is 0 Å². The summed E-state index contributed by atoms with van der Waals surface area (Å²) >= 11 is 0. The molecule has 0 unspecified atom stereocenters. The Morgan fingerprint density at radius 1 is 1.70 bits per heavy atom. The molecule has 52 valence electrons. The van der Waals surface area contributed by atoms with Gasteiger partial charge in [-0.05, 0) is 0 Å². The van der Waals surface area contributed by atoms with Gasteiger partial charge < -0.3 is 4.98 Å². The molecule has 0 radical (unpaired) electrons. The first-order chi connectivity index (χ1) is 4.93. The molecule has 0 spiro atoms. The number of allylic oxidation sites excluding steroid dienone is 3. The summed E-state index contributed by atoms with van der Waals surface area (Å²) in [5.74, 6) is 0. The van der Waals surface area contributed by atoms with E-state index in [0.29, 0.717) is 0 Å². The molecule has 0 atom stereocenters. The van der Waals surface area contributed by atoms with Crippen molar-refractivity contribution in [3.8, 4) is 0 Å². The average molecular weight is 134 g/mol. The summed E-state index contributed by atoms with van der Waals surface area (Å²) in [5.41, 5.74) is 1.12. The SMILES string of the molecule is C=CC=CCc1cnc[nH]1. The monoisotopic (exact) mass is 134 g/mol. The predicted molar refractivity (Wildman–Crippen MR) is 41.6 cm³/mol. The van der Waals surface area contributed by atoms with E-state index in [2.05, 4.69) is 16.5 Å². The van der Waals surface area contributed by atoms with Crippen molar-refractivity contribution in [2.45, 2.75) is 6.42 Å². The van der Waals surface area contributed by atoms with E-state index in [1.54, 1.807) is 12.4 Å². The molecule has 0 aliphatic heterocycles. The molecule has 0 aliphatic rings. The standard InChI is InChI=1S/C8H10N2/c1-2-3-4-5-8-6-9-7-10-8/h2-4,6-7H,1,5H2,(H,9,10). The van der Waals surface area contributed by atoms with Crippen LogP contribution in [-0.4, -0.2) is 9.97 Å². The summed E-state index contributed by atoms with van der Waals surface area (Å²) in [7, 11) is 0. The summed E-state index contributed by atoms with van der Waals surface area (Å²) in [6, 6.07) is 0.